The number of nitrogens with zero attached hydrogens (tertiary/aromatic N) is 3. The fourth-order valence-electron chi connectivity index (χ4n) is 4.67. The largest absolute Gasteiger partial charge is 0.395 e. The molecular formula is C30H36ClN7O4. The summed E-state index contributed by atoms with van der Waals surface area (Å²) in [6.45, 7) is 3.69. The van der Waals surface area contributed by atoms with Gasteiger partial charge in [-0.1, -0.05) is 42.5 Å². The number of carbonyl (C=O) groups excluding carboxylic acids is 2. The van der Waals surface area contributed by atoms with Crippen molar-refractivity contribution in [3.05, 3.63) is 101 Å². The number of rotatable bonds is 13. The van der Waals surface area contributed by atoms with Crippen molar-refractivity contribution in [2.45, 2.75) is 31.1 Å². The molecule has 2 amide bonds. The number of carbonyl (C=O) groups is 2. The normalized spacial score (nSPS) is 18.0. The zero-order valence-electron chi connectivity index (χ0n) is 23.6. The molecule has 0 saturated carbocycles. The zero-order chi connectivity index (χ0) is 30.1. The van der Waals surface area contributed by atoms with Crippen molar-refractivity contribution in [2.75, 3.05) is 26.3 Å². The molecule has 11 nitrogen and oxygen atoms in total. The van der Waals surface area contributed by atoms with Gasteiger partial charge in [0.25, 0.3) is 11.8 Å². The standard InChI is InChI=1S/C30H36ClN7O4/c1-20-6-3-4-7-23(20)24-8-5-11-30(26(24)31,36-28(41)25-10-9-21(17-34-25)16-32-12-14-39)37-29(42)27-35-22(19-38(27)2)18-33-13-15-40/h3-11,17,19,26,32-33,39-40H,12-16,18H2,1-2H3,(H,36,41)(H,37,42). The second kappa shape index (κ2) is 14.3. The maximum absolute atomic E-state index is 13.7. The van der Waals surface area contributed by atoms with Crippen LogP contribution in [0.5, 0.6) is 0 Å². The van der Waals surface area contributed by atoms with E-state index in [4.69, 9.17) is 21.8 Å². The first-order valence-electron chi connectivity index (χ1n) is 13.6. The third kappa shape index (κ3) is 7.30. The molecule has 0 spiro atoms. The van der Waals surface area contributed by atoms with Gasteiger partial charge in [-0.15, -0.1) is 11.6 Å². The van der Waals surface area contributed by atoms with Crippen LogP contribution >= 0.6 is 11.6 Å². The maximum atomic E-state index is 13.7. The lowest BCUT2D eigenvalue weighted by atomic mass is 9.87. The van der Waals surface area contributed by atoms with Gasteiger partial charge in [-0.3, -0.25) is 14.6 Å². The summed E-state index contributed by atoms with van der Waals surface area (Å²) in [5.74, 6) is -0.933. The highest BCUT2D eigenvalue weighted by molar-refractivity contribution is 6.28. The minimum Gasteiger partial charge on any atom is -0.395 e. The van der Waals surface area contributed by atoms with E-state index < -0.39 is 22.9 Å². The van der Waals surface area contributed by atoms with E-state index in [0.717, 1.165) is 22.3 Å². The monoisotopic (exact) mass is 593 g/mol. The molecule has 0 fully saturated rings. The topological polar surface area (TPSA) is 153 Å². The molecule has 42 heavy (non-hydrogen) atoms. The third-order valence-corrected chi connectivity index (χ3v) is 7.38. The molecule has 6 N–H and O–H groups in total. The molecule has 222 valence electrons. The first-order valence-corrected chi connectivity index (χ1v) is 14.1. The molecular weight excluding hydrogens is 558 g/mol. The van der Waals surface area contributed by atoms with Crippen LogP contribution in [0.1, 0.15) is 43.5 Å². The summed E-state index contributed by atoms with van der Waals surface area (Å²) in [5, 5.41) is 29.1. The highest BCUT2D eigenvalue weighted by Gasteiger charge is 2.43. The van der Waals surface area contributed by atoms with Crippen LogP contribution in [0.2, 0.25) is 0 Å². The van der Waals surface area contributed by atoms with Crippen LogP contribution in [-0.2, 0) is 20.1 Å². The summed E-state index contributed by atoms with van der Waals surface area (Å²) < 4.78 is 1.60. The van der Waals surface area contributed by atoms with Gasteiger partial charge in [-0.2, -0.15) is 0 Å². The Kier molecular flexibility index (Phi) is 10.6. The number of pyridine rings is 1. The molecule has 0 radical (unpaired) electrons. The summed E-state index contributed by atoms with van der Waals surface area (Å²) in [7, 11) is 1.71. The molecule has 1 aliphatic rings. The number of imidazole rings is 1. The van der Waals surface area contributed by atoms with E-state index in [1.165, 1.54) is 0 Å². The van der Waals surface area contributed by atoms with Crippen molar-refractivity contribution in [2.24, 2.45) is 7.05 Å². The van der Waals surface area contributed by atoms with Crippen LogP contribution in [0.25, 0.3) is 5.57 Å². The van der Waals surface area contributed by atoms with Crippen LogP contribution < -0.4 is 21.3 Å². The zero-order valence-corrected chi connectivity index (χ0v) is 24.4. The number of hydrogen-bond acceptors (Lipinski definition) is 8. The van der Waals surface area contributed by atoms with Crippen molar-refractivity contribution < 1.29 is 19.8 Å². The Morgan fingerprint density at radius 2 is 1.74 bits per heavy atom. The lowest BCUT2D eigenvalue weighted by Crippen LogP contribution is -2.65. The lowest BCUT2D eigenvalue weighted by Gasteiger charge is -2.39. The average molecular weight is 594 g/mol. The number of aryl methyl sites for hydroxylation is 2. The smallest absolute Gasteiger partial charge is 0.289 e. The van der Waals surface area contributed by atoms with Gasteiger partial charge in [0.1, 0.15) is 11.1 Å². The predicted octanol–water partition coefficient (Wildman–Crippen LogP) is 1.40. The number of aliphatic hydroxyl groups excluding tert-OH is 2. The minimum absolute atomic E-state index is 0.0131. The van der Waals surface area contributed by atoms with E-state index in [-0.39, 0.29) is 24.7 Å². The molecule has 1 aromatic carbocycles. The molecule has 0 bridgehead atoms. The first kappa shape index (κ1) is 31.1. The van der Waals surface area contributed by atoms with E-state index in [9.17, 15) is 9.59 Å². The fraction of sp³-hybridized carbons (Fsp3) is 0.333. The molecule has 2 unspecified atom stereocenters. The van der Waals surface area contributed by atoms with Crippen molar-refractivity contribution in [1.82, 2.24) is 35.8 Å². The summed E-state index contributed by atoms with van der Waals surface area (Å²) in [5.41, 5.74) is 2.70. The van der Waals surface area contributed by atoms with Crippen molar-refractivity contribution in [3.63, 3.8) is 0 Å². The van der Waals surface area contributed by atoms with Crippen LogP contribution in [0.15, 0.2) is 67.0 Å². The lowest BCUT2D eigenvalue weighted by molar-refractivity contribution is 0.0835. The van der Waals surface area contributed by atoms with Crippen LogP contribution in [-0.4, -0.2) is 73.9 Å². The highest BCUT2D eigenvalue weighted by Crippen LogP contribution is 2.35. The number of halogens is 1. The number of hydrogen-bond donors (Lipinski definition) is 6. The summed E-state index contributed by atoms with van der Waals surface area (Å²) >= 11 is 7.14. The Labute approximate surface area is 249 Å². The number of allylic oxidation sites excluding steroid dienone is 2. The van der Waals surface area contributed by atoms with Crippen molar-refractivity contribution >= 4 is 29.0 Å². The molecule has 3 aromatic rings. The average Bonchev–Trinajstić information content (AvgIpc) is 3.36. The summed E-state index contributed by atoms with van der Waals surface area (Å²) in [6.07, 6.45) is 8.58. The van der Waals surface area contributed by atoms with Gasteiger partial charge >= 0.3 is 0 Å². The quantitative estimate of drug-likeness (QED) is 0.0988. The Balaban J connectivity index is 1.63. The Bertz CT molecular complexity index is 1450. The van der Waals surface area contributed by atoms with Crippen molar-refractivity contribution in [3.8, 4) is 0 Å². The van der Waals surface area contributed by atoms with E-state index in [0.29, 0.717) is 31.9 Å². The Morgan fingerprint density at radius 3 is 2.43 bits per heavy atom. The van der Waals surface area contributed by atoms with Gasteiger partial charge in [-0.25, -0.2) is 4.98 Å². The molecule has 2 heterocycles. The molecule has 12 heteroatoms. The van der Waals surface area contributed by atoms with Gasteiger partial charge in [0.05, 0.1) is 18.9 Å². The second-order valence-electron chi connectivity index (χ2n) is 9.96. The van der Waals surface area contributed by atoms with Crippen LogP contribution in [0.4, 0.5) is 0 Å². The number of nitrogens with one attached hydrogen (secondary N) is 4. The molecule has 4 rings (SSSR count). The number of benzene rings is 1. The molecule has 0 aliphatic heterocycles. The van der Waals surface area contributed by atoms with E-state index in [2.05, 4.69) is 31.2 Å². The molecule has 1 aliphatic carbocycles. The van der Waals surface area contributed by atoms with Gasteiger partial charge in [0, 0.05) is 45.6 Å². The van der Waals surface area contributed by atoms with Crippen LogP contribution in [0, 0.1) is 6.92 Å². The number of alkyl halides is 1. The van der Waals surface area contributed by atoms with E-state index in [1.54, 1.807) is 48.3 Å². The SMILES string of the molecule is Cc1ccccc1C1=CC=CC(NC(=O)c2ccc(CNCCO)cn2)(NC(=O)c2nc(CNCCO)cn2C)C1Cl. The Hall–Kier alpha value is -3.87. The van der Waals surface area contributed by atoms with Gasteiger partial charge in [0.2, 0.25) is 0 Å². The molecule has 2 atom stereocenters. The van der Waals surface area contributed by atoms with Gasteiger partial charge in [0.15, 0.2) is 11.5 Å². The fourth-order valence-corrected chi connectivity index (χ4v) is 5.05. The number of aromatic nitrogens is 3. The van der Waals surface area contributed by atoms with Gasteiger partial charge < -0.3 is 36.0 Å². The number of amides is 2. The van der Waals surface area contributed by atoms with E-state index >= 15 is 0 Å². The van der Waals surface area contributed by atoms with E-state index in [1.807, 2.05) is 37.3 Å². The summed E-state index contributed by atoms with van der Waals surface area (Å²) in [4.78, 5) is 36.0. The van der Waals surface area contributed by atoms with Crippen LogP contribution in [0.3, 0.4) is 0 Å². The minimum atomic E-state index is -1.52. The second-order valence-corrected chi connectivity index (χ2v) is 10.4. The highest BCUT2D eigenvalue weighted by atomic mass is 35.5. The molecule has 2 aromatic heterocycles. The molecule has 0 saturated heterocycles. The Morgan fingerprint density at radius 1 is 1.02 bits per heavy atom. The maximum Gasteiger partial charge on any atom is 0.289 e. The summed E-state index contributed by atoms with van der Waals surface area (Å²) in [6, 6.07) is 11.1. The van der Waals surface area contributed by atoms with Crippen molar-refractivity contribution in [1.29, 1.82) is 0 Å². The predicted molar refractivity (Wildman–Crippen MR) is 161 cm³/mol. The first-order chi connectivity index (χ1) is 20.3. The van der Waals surface area contributed by atoms with Gasteiger partial charge in [-0.05, 0) is 41.3 Å². The number of aliphatic hydroxyl groups is 2. The third-order valence-electron chi connectivity index (χ3n) is 6.80.